The third kappa shape index (κ3) is 7.16. The number of amides is 2. The maximum absolute atomic E-state index is 13.3. The van der Waals surface area contributed by atoms with Gasteiger partial charge in [0.15, 0.2) is 0 Å². The Morgan fingerprint density at radius 3 is 2.42 bits per heavy atom. The van der Waals surface area contributed by atoms with Crippen molar-refractivity contribution >= 4 is 44.8 Å². The zero-order valence-electron chi connectivity index (χ0n) is 18.4. The molecule has 0 saturated carbocycles. The number of non-ortho nitro benzene ring substituents is 1. The molecule has 2 rings (SSSR count). The molecule has 0 heterocycles. The first-order valence-corrected chi connectivity index (χ1v) is 12.2. The lowest BCUT2D eigenvalue weighted by molar-refractivity contribution is -0.384. The number of halogens is 1. The van der Waals surface area contributed by atoms with E-state index in [0.717, 1.165) is 16.6 Å². The number of nitrogens with zero attached hydrogens (tertiary/aromatic N) is 3. The standard InChI is InChI=1S/C21H25ClN4O6S/c1-4-23-21(28)15(2)24(13-16-7-5-8-17(22)11-16)20(27)14-25(33(3,31)32)18-9-6-10-19(12-18)26(29)30/h5-12,15H,4,13-14H2,1-3H3,(H,23,28)/t15-/m0/s1. The monoisotopic (exact) mass is 496 g/mol. The van der Waals surface area contributed by atoms with E-state index in [2.05, 4.69) is 5.32 Å². The van der Waals surface area contributed by atoms with Crippen molar-refractivity contribution in [1.29, 1.82) is 0 Å². The molecule has 0 aliphatic carbocycles. The molecule has 1 N–H and O–H groups in total. The van der Waals surface area contributed by atoms with Crippen molar-refractivity contribution < 1.29 is 22.9 Å². The van der Waals surface area contributed by atoms with Crippen molar-refractivity contribution in [3.8, 4) is 0 Å². The predicted octanol–water partition coefficient (Wildman–Crippen LogP) is 2.57. The van der Waals surface area contributed by atoms with Crippen LogP contribution in [0.15, 0.2) is 48.5 Å². The highest BCUT2D eigenvalue weighted by Crippen LogP contribution is 2.24. The SMILES string of the molecule is CCNC(=O)[C@H](C)N(Cc1cccc(Cl)c1)C(=O)CN(c1cccc([N+](=O)[O-])c1)S(C)(=O)=O. The van der Waals surface area contributed by atoms with Gasteiger partial charge in [-0.3, -0.25) is 24.0 Å². The number of anilines is 1. The van der Waals surface area contributed by atoms with Gasteiger partial charge in [-0.25, -0.2) is 8.42 Å². The van der Waals surface area contributed by atoms with E-state index in [1.807, 2.05) is 0 Å². The molecule has 12 heteroatoms. The maximum Gasteiger partial charge on any atom is 0.271 e. The number of nitro benzene ring substituents is 1. The molecule has 0 spiro atoms. The average Bonchev–Trinajstić information content (AvgIpc) is 2.74. The lowest BCUT2D eigenvalue weighted by Gasteiger charge is -2.31. The molecule has 0 saturated heterocycles. The molecular weight excluding hydrogens is 472 g/mol. The number of likely N-dealkylation sites (N-methyl/N-ethyl adjacent to an activating group) is 1. The fourth-order valence-electron chi connectivity index (χ4n) is 3.11. The van der Waals surface area contributed by atoms with E-state index >= 15 is 0 Å². The van der Waals surface area contributed by atoms with Gasteiger partial charge in [0.2, 0.25) is 21.8 Å². The molecule has 2 aromatic carbocycles. The van der Waals surface area contributed by atoms with E-state index in [9.17, 15) is 28.1 Å². The fraction of sp³-hybridized carbons (Fsp3) is 0.333. The van der Waals surface area contributed by atoms with Crippen LogP contribution in [0.5, 0.6) is 0 Å². The average molecular weight is 497 g/mol. The maximum atomic E-state index is 13.3. The van der Waals surface area contributed by atoms with Crippen LogP contribution in [0, 0.1) is 10.1 Å². The van der Waals surface area contributed by atoms with Crippen LogP contribution in [0.2, 0.25) is 5.02 Å². The summed E-state index contributed by atoms with van der Waals surface area (Å²) in [5.74, 6) is -1.07. The minimum absolute atomic E-state index is 0.00420. The molecule has 33 heavy (non-hydrogen) atoms. The fourth-order valence-corrected chi connectivity index (χ4v) is 4.17. The van der Waals surface area contributed by atoms with Crippen LogP contribution in [-0.4, -0.2) is 55.4 Å². The van der Waals surface area contributed by atoms with Crippen LogP contribution in [0.4, 0.5) is 11.4 Å². The number of carbonyl (C=O) groups is 2. The van der Waals surface area contributed by atoms with E-state index < -0.39 is 39.3 Å². The largest absolute Gasteiger partial charge is 0.355 e. The zero-order chi connectivity index (χ0) is 24.8. The first kappa shape index (κ1) is 26.1. The van der Waals surface area contributed by atoms with E-state index in [1.54, 1.807) is 31.2 Å². The van der Waals surface area contributed by atoms with Crippen LogP contribution >= 0.6 is 11.6 Å². The Bertz CT molecular complexity index is 1140. The molecule has 0 aliphatic rings. The van der Waals surface area contributed by atoms with Crippen LogP contribution in [-0.2, 0) is 26.2 Å². The second-order valence-electron chi connectivity index (χ2n) is 7.27. The van der Waals surface area contributed by atoms with Crippen molar-refractivity contribution in [1.82, 2.24) is 10.2 Å². The van der Waals surface area contributed by atoms with Gasteiger partial charge in [-0.2, -0.15) is 0 Å². The summed E-state index contributed by atoms with van der Waals surface area (Å²) in [4.78, 5) is 37.5. The van der Waals surface area contributed by atoms with Gasteiger partial charge >= 0.3 is 0 Å². The highest BCUT2D eigenvalue weighted by molar-refractivity contribution is 7.92. The summed E-state index contributed by atoms with van der Waals surface area (Å²) < 4.78 is 25.7. The molecule has 0 aromatic heterocycles. The number of benzene rings is 2. The molecule has 0 bridgehead atoms. The molecule has 2 amide bonds. The Morgan fingerprint density at radius 1 is 1.18 bits per heavy atom. The Morgan fingerprint density at radius 2 is 1.85 bits per heavy atom. The first-order valence-electron chi connectivity index (χ1n) is 9.97. The summed E-state index contributed by atoms with van der Waals surface area (Å²) in [5.41, 5.74) is 0.293. The van der Waals surface area contributed by atoms with Crippen molar-refractivity contribution in [2.45, 2.75) is 26.4 Å². The molecular formula is C21H25ClN4O6S. The van der Waals surface area contributed by atoms with Crippen LogP contribution < -0.4 is 9.62 Å². The van der Waals surface area contributed by atoms with Gasteiger partial charge in [0.1, 0.15) is 12.6 Å². The second-order valence-corrected chi connectivity index (χ2v) is 9.61. The summed E-state index contributed by atoms with van der Waals surface area (Å²) in [6.07, 6.45) is 0.896. The van der Waals surface area contributed by atoms with E-state index in [0.29, 0.717) is 17.1 Å². The Kier molecular flexibility index (Phi) is 8.77. The Hall–Kier alpha value is -3.18. The minimum atomic E-state index is -3.98. The van der Waals surface area contributed by atoms with Crippen molar-refractivity contribution in [2.24, 2.45) is 0 Å². The van der Waals surface area contributed by atoms with E-state index in [1.165, 1.54) is 30.0 Å². The summed E-state index contributed by atoms with van der Waals surface area (Å²) in [7, 11) is -3.98. The van der Waals surface area contributed by atoms with Crippen molar-refractivity contribution in [3.63, 3.8) is 0 Å². The van der Waals surface area contributed by atoms with Crippen LogP contribution in [0.3, 0.4) is 0 Å². The lowest BCUT2D eigenvalue weighted by Crippen LogP contribution is -2.51. The summed E-state index contributed by atoms with van der Waals surface area (Å²) in [6.45, 7) is 2.98. The highest BCUT2D eigenvalue weighted by atomic mass is 35.5. The number of hydrogen-bond acceptors (Lipinski definition) is 6. The number of carbonyl (C=O) groups excluding carboxylic acids is 2. The first-order chi connectivity index (χ1) is 15.4. The number of sulfonamides is 1. The highest BCUT2D eigenvalue weighted by Gasteiger charge is 2.30. The van der Waals surface area contributed by atoms with Gasteiger partial charge in [0.05, 0.1) is 16.9 Å². The normalized spacial score (nSPS) is 12.0. The molecule has 0 fully saturated rings. The van der Waals surface area contributed by atoms with Crippen molar-refractivity contribution in [2.75, 3.05) is 23.7 Å². The quantitative estimate of drug-likeness (QED) is 0.397. The van der Waals surface area contributed by atoms with Crippen molar-refractivity contribution in [3.05, 3.63) is 69.2 Å². The number of hydrogen-bond donors (Lipinski definition) is 1. The molecule has 0 unspecified atom stereocenters. The van der Waals surface area contributed by atoms with Crippen LogP contribution in [0.1, 0.15) is 19.4 Å². The lowest BCUT2D eigenvalue weighted by atomic mass is 10.1. The molecule has 0 aliphatic heterocycles. The molecule has 10 nitrogen and oxygen atoms in total. The number of nitrogens with one attached hydrogen (secondary N) is 1. The van der Waals surface area contributed by atoms with Crippen LogP contribution in [0.25, 0.3) is 0 Å². The molecule has 1 atom stereocenters. The van der Waals surface area contributed by atoms with Gasteiger partial charge < -0.3 is 10.2 Å². The summed E-state index contributed by atoms with van der Waals surface area (Å²) >= 11 is 6.04. The summed E-state index contributed by atoms with van der Waals surface area (Å²) in [6, 6.07) is 10.8. The third-order valence-electron chi connectivity index (χ3n) is 4.77. The summed E-state index contributed by atoms with van der Waals surface area (Å²) in [5, 5.41) is 14.2. The Labute approximate surface area is 197 Å². The Balaban J connectivity index is 2.42. The zero-order valence-corrected chi connectivity index (χ0v) is 20.0. The van der Waals surface area contributed by atoms with Gasteiger partial charge in [-0.05, 0) is 37.6 Å². The van der Waals surface area contributed by atoms with Gasteiger partial charge in [0.25, 0.3) is 5.69 Å². The predicted molar refractivity (Wildman–Crippen MR) is 125 cm³/mol. The van der Waals surface area contributed by atoms with Gasteiger partial charge in [0, 0.05) is 30.2 Å². The van der Waals surface area contributed by atoms with Gasteiger partial charge in [-0.15, -0.1) is 0 Å². The van der Waals surface area contributed by atoms with E-state index in [4.69, 9.17) is 11.6 Å². The third-order valence-corrected chi connectivity index (χ3v) is 6.14. The minimum Gasteiger partial charge on any atom is -0.355 e. The topological polar surface area (TPSA) is 130 Å². The molecule has 178 valence electrons. The number of rotatable bonds is 10. The van der Waals surface area contributed by atoms with E-state index in [-0.39, 0.29) is 17.9 Å². The van der Waals surface area contributed by atoms with Gasteiger partial charge in [-0.1, -0.05) is 29.8 Å². The molecule has 0 radical (unpaired) electrons. The smallest absolute Gasteiger partial charge is 0.271 e. The molecule has 2 aromatic rings. The second kappa shape index (κ2) is 11.1. The number of nitro groups is 1.